The fraction of sp³-hybridized carbons (Fsp3) is 0.812. The number of hydrogen-bond donors (Lipinski definition) is 3. The van der Waals surface area contributed by atoms with Crippen molar-refractivity contribution in [3.05, 3.63) is 0 Å². The Morgan fingerprint density at radius 1 is 1.29 bits per heavy atom. The number of amides is 2. The molecule has 1 aliphatic rings. The Bertz CT molecular complexity index is 431. The van der Waals surface area contributed by atoms with Crippen LogP contribution >= 0.6 is 0 Å². The van der Waals surface area contributed by atoms with E-state index in [2.05, 4.69) is 20.9 Å². The van der Waals surface area contributed by atoms with Crippen molar-refractivity contribution in [3.63, 3.8) is 0 Å². The van der Waals surface area contributed by atoms with Gasteiger partial charge >= 0.3 is 6.09 Å². The predicted molar refractivity (Wildman–Crippen MR) is 94.0 cm³/mol. The molecule has 0 spiro atoms. The molecule has 24 heavy (non-hydrogen) atoms. The van der Waals surface area contributed by atoms with E-state index in [-0.39, 0.29) is 24.1 Å². The molecule has 0 atom stereocenters. The number of hydrogen-bond acceptors (Lipinski definition) is 4. The van der Waals surface area contributed by atoms with E-state index >= 15 is 0 Å². The van der Waals surface area contributed by atoms with Crippen LogP contribution < -0.4 is 16.0 Å². The van der Waals surface area contributed by atoms with Gasteiger partial charge in [0.1, 0.15) is 0 Å². The Morgan fingerprint density at radius 3 is 2.50 bits per heavy atom. The molecule has 1 saturated heterocycles. The van der Waals surface area contributed by atoms with Crippen LogP contribution in [0.25, 0.3) is 0 Å². The molecule has 0 aliphatic carbocycles. The standard InChI is InChI=1S/C16H31N5O3/c1-5-24-16(23)21-10-7-13(8-11-21)20-15(17-4)18-9-6-14(22)19-12(2)3/h12-13H,5-11H2,1-4H3,(H,19,22)(H2,17,18,20). The van der Waals surface area contributed by atoms with Gasteiger partial charge in [-0.1, -0.05) is 0 Å². The molecule has 0 saturated carbocycles. The summed E-state index contributed by atoms with van der Waals surface area (Å²) in [4.78, 5) is 29.2. The van der Waals surface area contributed by atoms with Gasteiger partial charge in [-0.25, -0.2) is 4.79 Å². The number of likely N-dealkylation sites (tertiary alicyclic amines) is 1. The number of carbonyl (C=O) groups is 2. The Labute approximate surface area is 144 Å². The van der Waals surface area contributed by atoms with Crippen LogP contribution in [0.5, 0.6) is 0 Å². The van der Waals surface area contributed by atoms with Crippen molar-refractivity contribution in [1.29, 1.82) is 0 Å². The minimum Gasteiger partial charge on any atom is -0.450 e. The molecule has 1 aliphatic heterocycles. The van der Waals surface area contributed by atoms with Crippen LogP contribution in [-0.2, 0) is 9.53 Å². The molecule has 1 heterocycles. The molecule has 0 aromatic heterocycles. The maximum atomic E-state index is 11.7. The van der Waals surface area contributed by atoms with Gasteiger partial charge < -0.3 is 25.6 Å². The fourth-order valence-electron chi connectivity index (χ4n) is 2.50. The van der Waals surface area contributed by atoms with Crippen molar-refractivity contribution in [2.24, 2.45) is 4.99 Å². The molecule has 0 unspecified atom stereocenters. The zero-order valence-electron chi connectivity index (χ0n) is 15.2. The van der Waals surface area contributed by atoms with Gasteiger partial charge in [-0.05, 0) is 33.6 Å². The quantitative estimate of drug-likeness (QED) is 0.488. The van der Waals surface area contributed by atoms with Gasteiger partial charge in [-0.3, -0.25) is 9.79 Å². The van der Waals surface area contributed by atoms with Crippen LogP contribution in [0.15, 0.2) is 4.99 Å². The number of nitrogens with one attached hydrogen (secondary N) is 3. The van der Waals surface area contributed by atoms with Gasteiger partial charge in [0.05, 0.1) is 6.61 Å². The highest BCUT2D eigenvalue weighted by atomic mass is 16.6. The smallest absolute Gasteiger partial charge is 0.409 e. The summed E-state index contributed by atoms with van der Waals surface area (Å²) >= 11 is 0. The third-order valence-electron chi connectivity index (χ3n) is 3.68. The third-order valence-corrected chi connectivity index (χ3v) is 3.68. The van der Waals surface area contributed by atoms with E-state index in [1.54, 1.807) is 11.9 Å². The van der Waals surface area contributed by atoms with Gasteiger partial charge in [-0.2, -0.15) is 0 Å². The van der Waals surface area contributed by atoms with Crippen molar-refractivity contribution >= 4 is 18.0 Å². The van der Waals surface area contributed by atoms with Crippen LogP contribution in [-0.4, -0.2) is 68.2 Å². The van der Waals surface area contributed by atoms with Gasteiger partial charge in [0.25, 0.3) is 0 Å². The van der Waals surface area contributed by atoms with E-state index in [1.807, 2.05) is 20.8 Å². The average molecular weight is 341 g/mol. The van der Waals surface area contributed by atoms with E-state index in [1.165, 1.54) is 0 Å². The summed E-state index contributed by atoms with van der Waals surface area (Å²) in [5.41, 5.74) is 0. The largest absolute Gasteiger partial charge is 0.450 e. The molecule has 8 heteroatoms. The number of ether oxygens (including phenoxy) is 1. The number of piperidine rings is 1. The van der Waals surface area contributed by atoms with Gasteiger partial charge in [0.15, 0.2) is 5.96 Å². The molecule has 0 aromatic carbocycles. The SMILES string of the molecule is CCOC(=O)N1CCC(NC(=NC)NCCC(=O)NC(C)C)CC1. The number of guanidine groups is 1. The molecular formula is C16H31N5O3. The lowest BCUT2D eigenvalue weighted by atomic mass is 10.1. The first-order valence-corrected chi connectivity index (χ1v) is 8.64. The van der Waals surface area contributed by atoms with E-state index < -0.39 is 0 Å². The average Bonchev–Trinajstić information content (AvgIpc) is 2.54. The normalized spacial score (nSPS) is 16.0. The van der Waals surface area contributed by atoms with Gasteiger partial charge in [-0.15, -0.1) is 0 Å². The summed E-state index contributed by atoms with van der Waals surface area (Å²) in [5, 5.41) is 9.34. The maximum Gasteiger partial charge on any atom is 0.409 e. The molecule has 3 N–H and O–H groups in total. The Balaban J connectivity index is 2.27. The first-order chi connectivity index (χ1) is 11.5. The van der Waals surface area contributed by atoms with Crippen molar-refractivity contribution in [2.75, 3.05) is 33.3 Å². The zero-order valence-corrected chi connectivity index (χ0v) is 15.2. The van der Waals surface area contributed by atoms with Crippen molar-refractivity contribution in [3.8, 4) is 0 Å². The summed E-state index contributed by atoms with van der Waals surface area (Å²) < 4.78 is 5.01. The second-order valence-corrected chi connectivity index (χ2v) is 6.08. The van der Waals surface area contributed by atoms with Crippen LogP contribution in [0.4, 0.5) is 4.79 Å². The van der Waals surface area contributed by atoms with E-state index in [4.69, 9.17) is 4.74 Å². The van der Waals surface area contributed by atoms with E-state index in [0.29, 0.717) is 38.6 Å². The van der Waals surface area contributed by atoms with Gasteiger partial charge in [0.2, 0.25) is 5.91 Å². The zero-order chi connectivity index (χ0) is 17.9. The Kier molecular flexibility index (Phi) is 8.96. The molecule has 1 fully saturated rings. The summed E-state index contributed by atoms with van der Waals surface area (Å²) in [6.45, 7) is 7.96. The molecule has 0 aromatic rings. The third kappa shape index (κ3) is 7.52. The topological polar surface area (TPSA) is 95.1 Å². The highest BCUT2D eigenvalue weighted by molar-refractivity contribution is 5.81. The number of nitrogens with zero attached hydrogens (tertiary/aromatic N) is 2. The molecule has 2 amide bonds. The molecule has 8 nitrogen and oxygen atoms in total. The monoisotopic (exact) mass is 341 g/mol. The summed E-state index contributed by atoms with van der Waals surface area (Å²) in [6.07, 6.45) is 1.84. The summed E-state index contributed by atoms with van der Waals surface area (Å²) in [7, 11) is 1.71. The molecule has 138 valence electrons. The lowest BCUT2D eigenvalue weighted by Crippen LogP contribution is -2.50. The summed E-state index contributed by atoms with van der Waals surface area (Å²) in [5.74, 6) is 0.706. The van der Waals surface area contributed by atoms with Crippen LogP contribution in [0, 0.1) is 0 Å². The first kappa shape index (κ1) is 20.1. The molecule has 0 bridgehead atoms. The molecular weight excluding hydrogens is 310 g/mol. The second kappa shape index (κ2) is 10.7. The molecule has 1 rings (SSSR count). The Morgan fingerprint density at radius 2 is 1.96 bits per heavy atom. The fourth-order valence-corrected chi connectivity index (χ4v) is 2.50. The van der Waals surface area contributed by atoms with Crippen LogP contribution in [0.2, 0.25) is 0 Å². The minimum atomic E-state index is -0.241. The van der Waals surface area contributed by atoms with Crippen molar-refractivity contribution < 1.29 is 14.3 Å². The van der Waals surface area contributed by atoms with Gasteiger partial charge in [0, 0.05) is 45.2 Å². The second-order valence-electron chi connectivity index (χ2n) is 6.08. The van der Waals surface area contributed by atoms with Crippen molar-refractivity contribution in [2.45, 2.75) is 52.1 Å². The molecule has 0 radical (unpaired) electrons. The van der Waals surface area contributed by atoms with E-state index in [0.717, 1.165) is 12.8 Å². The lowest BCUT2D eigenvalue weighted by molar-refractivity contribution is -0.121. The van der Waals surface area contributed by atoms with Crippen LogP contribution in [0.3, 0.4) is 0 Å². The lowest BCUT2D eigenvalue weighted by Gasteiger charge is -2.32. The maximum absolute atomic E-state index is 11.7. The summed E-state index contributed by atoms with van der Waals surface area (Å²) in [6, 6.07) is 0.408. The highest BCUT2D eigenvalue weighted by Gasteiger charge is 2.23. The highest BCUT2D eigenvalue weighted by Crippen LogP contribution is 2.11. The minimum absolute atomic E-state index is 0.0238. The Hall–Kier alpha value is -1.99. The van der Waals surface area contributed by atoms with Crippen LogP contribution in [0.1, 0.15) is 40.0 Å². The first-order valence-electron chi connectivity index (χ1n) is 8.64. The number of aliphatic imine (C=N–C) groups is 1. The predicted octanol–water partition coefficient (Wildman–Crippen LogP) is 0.687. The van der Waals surface area contributed by atoms with E-state index in [9.17, 15) is 9.59 Å². The van der Waals surface area contributed by atoms with Crippen molar-refractivity contribution in [1.82, 2.24) is 20.9 Å². The number of carbonyl (C=O) groups excluding carboxylic acids is 2. The number of rotatable bonds is 6.